The van der Waals surface area contributed by atoms with E-state index in [-0.39, 0.29) is 93.3 Å². The van der Waals surface area contributed by atoms with Gasteiger partial charge >= 0.3 is 0 Å². The monoisotopic (exact) mass is 1870 g/mol. The van der Waals surface area contributed by atoms with Crippen molar-refractivity contribution in [2.75, 3.05) is 119 Å². The number of carbonyl (C=O) groups excluding carboxylic acids is 6. The lowest BCUT2D eigenvalue weighted by molar-refractivity contribution is -0.127. The fraction of sp³-hybridized carbons (Fsp3) is 0.613. The first-order valence-electron chi connectivity index (χ1n) is 45.7. The first kappa shape index (κ1) is 99.7. The van der Waals surface area contributed by atoms with Crippen LogP contribution in [0.3, 0.4) is 0 Å². The first-order valence-corrected chi connectivity index (χ1v) is 50.6. The SMILES string of the molecule is CC(C)(C)CCCOC1CCN(c2ccc(C(=O)NS(=O)(=O)c3cccc(NCCC[C@@H]4CNC(C)(C)C4)n3)c(Cl)n2)C1=O.CC(C)(C)CCCOC1CCN(c2ccc3c(n2)N2C[C@@H](CCCNc4cccc(n4)S(=O)(=O)NC3=O)CC2(C)C)C1=O.CC(C)(C)CCCOC1CCN(c2ccc3c(n2)N2C[C@@H](CCCNc4cccc(n4)S(=O)(=O)NC3=O)CC2(C)C)C1=O. The summed E-state index contributed by atoms with van der Waals surface area (Å²) >= 11 is 6.30. The second-order valence-electron chi connectivity index (χ2n) is 40.9. The molecule has 6 atom stereocenters. The van der Waals surface area contributed by atoms with Crippen LogP contribution in [-0.2, 0) is 58.7 Å². The minimum Gasteiger partial charge on any atom is -0.370 e. The van der Waals surface area contributed by atoms with Crippen molar-refractivity contribution < 1.29 is 68.2 Å². The van der Waals surface area contributed by atoms with Crippen LogP contribution in [0.4, 0.5) is 46.5 Å². The number of sulfonamides is 3. The first-order chi connectivity index (χ1) is 61.1. The number of nitrogens with one attached hydrogen (secondary N) is 7. The van der Waals surface area contributed by atoms with Crippen LogP contribution < -0.4 is 59.9 Å². The Morgan fingerprint density at radius 3 is 1.36 bits per heavy atom. The van der Waals surface area contributed by atoms with Gasteiger partial charge in [0.05, 0.1) is 16.7 Å². The molecule has 710 valence electrons. The van der Waals surface area contributed by atoms with Crippen LogP contribution in [-0.4, -0.2) is 204 Å². The van der Waals surface area contributed by atoms with E-state index in [1.165, 1.54) is 35.2 Å². The van der Waals surface area contributed by atoms with Crippen LogP contribution in [0, 0.1) is 34.0 Å². The van der Waals surface area contributed by atoms with Crippen molar-refractivity contribution in [2.45, 2.75) is 269 Å². The number of hydrogen-bond donors (Lipinski definition) is 7. The van der Waals surface area contributed by atoms with Gasteiger partial charge in [0, 0.05) is 108 Å². The summed E-state index contributed by atoms with van der Waals surface area (Å²) in [4.78, 5) is 115. The van der Waals surface area contributed by atoms with Crippen LogP contribution in [0.25, 0.3) is 0 Å². The third kappa shape index (κ3) is 26.4. The molecule has 0 saturated carbocycles. The molecule has 8 bridgehead atoms. The zero-order valence-corrected chi connectivity index (χ0v) is 81.2. The second kappa shape index (κ2) is 41.5. The van der Waals surface area contributed by atoms with Crippen molar-refractivity contribution in [3.63, 3.8) is 0 Å². The summed E-state index contributed by atoms with van der Waals surface area (Å²) < 4.78 is 103. The lowest BCUT2D eigenvalue weighted by Gasteiger charge is -2.34. The summed E-state index contributed by atoms with van der Waals surface area (Å²) in [5.74, 6) is 1.42. The van der Waals surface area contributed by atoms with E-state index < -0.39 is 66.1 Å². The smallest absolute Gasteiger partial charge is 0.281 e. The second-order valence-corrected chi connectivity index (χ2v) is 46.2. The molecular weight excluding hydrogens is 1740 g/mol. The van der Waals surface area contributed by atoms with E-state index in [1.807, 2.05) is 4.72 Å². The fourth-order valence-electron chi connectivity index (χ4n) is 18.2. The highest BCUT2D eigenvalue weighted by molar-refractivity contribution is 7.90. The molecule has 8 aliphatic rings. The number of aromatic nitrogens is 6. The molecule has 8 aliphatic heterocycles. The van der Waals surface area contributed by atoms with Gasteiger partial charge in [-0.05, 0) is 251 Å². The molecule has 0 radical (unpaired) electrons. The summed E-state index contributed by atoms with van der Waals surface area (Å²) in [6.45, 7) is 39.6. The van der Waals surface area contributed by atoms with Gasteiger partial charge in [-0.1, -0.05) is 92.1 Å². The highest BCUT2D eigenvalue weighted by atomic mass is 35.5. The Bertz CT molecular complexity index is 5210. The number of hydrogen-bond acceptors (Lipinski definition) is 27. The maximum Gasteiger partial charge on any atom is 0.281 e. The zero-order chi connectivity index (χ0) is 94.1. The average Bonchev–Trinajstić information content (AvgIpc) is 1.39. The number of pyridine rings is 6. The highest BCUT2D eigenvalue weighted by Crippen LogP contribution is 2.44. The van der Waals surface area contributed by atoms with Crippen molar-refractivity contribution in [3.8, 4) is 0 Å². The third-order valence-electron chi connectivity index (χ3n) is 24.8. The lowest BCUT2D eigenvalue weighted by atomic mass is 9.91. The van der Waals surface area contributed by atoms with E-state index in [9.17, 15) is 54.0 Å². The number of halogens is 1. The van der Waals surface area contributed by atoms with E-state index in [4.69, 9.17) is 35.8 Å². The molecule has 6 fully saturated rings. The van der Waals surface area contributed by atoms with E-state index in [0.29, 0.717) is 150 Å². The van der Waals surface area contributed by atoms with Gasteiger partial charge in [-0.3, -0.25) is 43.5 Å². The van der Waals surface area contributed by atoms with Crippen LogP contribution in [0.1, 0.15) is 251 Å². The fourth-order valence-corrected chi connectivity index (χ4v) is 21.2. The zero-order valence-electron chi connectivity index (χ0n) is 78.0. The van der Waals surface area contributed by atoms with E-state index in [0.717, 1.165) is 103 Å². The van der Waals surface area contributed by atoms with Gasteiger partial charge in [0.2, 0.25) is 0 Å². The van der Waals surface area contributed by atoms with Gasteiger partial charge in [-0.25, -0.2) is 44.1 Å². The van der Waals surface area contributed by atoms with Crippen LogP contribution >= 0.6 is 11.6 Å². The number of nitrogens with zero attached hydrogens (tertiary/aromatic N) is 11. The predicted molar refractivity (Wildman–Crippen MR) is 503 cm³/mol. The van der Waals surface area contributed by atoms with Crippen molar-refractivity contribution in [3.05, 3.63) is 113 Å². The van der Waals surface area contributed by atoms with Crippen molar-refractivity contribution in [2.24, 2.45) is 34.0 Å². The molecule has 33 nitrogen and oxygen atoms in total. The lowest BCUT2D eigenvalue weighted by Crippen LogP contribution is -2.41. The number of ether oxygens (including phenoxy) is 3. The van der Waals surface area contributed by atoms with Gasteiger partial charge in [-0.15, -0.1) is 0 Å². The molecule has 14 rings (SSSR count). The molecule has 0 aromatic carbocycles. The number of carbonyl (C=O) groups is 6. The number of anilines is 8. The van der Waals surface area contributed by atoms with Crippen molar-refractivity contribution >= 4 is 124 Å². The van der Waals surface area contributed by atoms with Gasteiger partial charge in [0.25, 0.3) is 65.5 Å². The Balaban J connectivity index is 0.000000176. The predicted octanol–water partition coefficient (Wildman–Crippen LogP) is 13.5. The average molecular weight is 1870 g/mol. The maximum atomic E-state index is 13.6. The van der Waals surface area contributed by atoms with Crippen LogP contribution in [0.5, 0.6) is 0 Å². The Morgan fingerprint density at radius 2 is 0.946 bits per heavy atom. The summed E-state index contributed by atoms with van der Waals surface area (Å²) in [6, 6.07) is 23.1. The van der Waals surface area contributed by atoms with Gasteiger partial charge in [0.1, 0.15) is 70.0 Å². The normalized spacial score (nSPS) is 22.5. The van der Waals surface area contributed by atoms with Gasteiger partial charge in [-0.2, -0.15) is 25.3 Å². The quantitative estimate of drug-likeness (QED) is 0.0231. The molecule has 6 aromatic heterocycles. The maximum absolute atomic E-state index is 13.6. The summed E-state index contributed by atoms with van der Waals surface area (Å²) in [5, 5.41) is 12.1. The molecule has 3 unspecified atom stereocenters. The molecule has 7 N–H and O–H groups in total. The topological polar surface area (TPSA) is 410 Å². The van der Waals surface area contributed by atoms with E-state index in [1.54, 1.807) is 70.5 Å². The van der Waals surface area contributed by atoms with Crippen molar-refractivity contribution in [1.82, 2.24) is 49.4 Å². The molecule has 14 heterocycles. The van der Waals surface area contributed by atoms with Crippen LogP contribution in [0.2, 0.25) is 5.15 Å². The standard InChI is InChI=1S/C31H45ClN6O5S.2C31H44N6O5S/c1-30(2,3)15-8-18-43-23-14-17-38(29(23)40)25-13-12-22(27(32)36-25)28(39)37-44(41,42)26-11-6-10-24(35-26)33-16-7-9-21-19-31(4,5)34-20-21;2*1-30(2,3)15-8-18-42-23-14-17-36(29(23)39)25-13-12-22-27(34-25)37-20-21(19-31(37,4)5)9-7-16-32-24-10-6-11-26(33-24)43(40,41)35-28(22)38/h6,10-13,21,23,34H,7-9,14-20H2,1-5H3,(H,33,35)(H,37,39);2*6,10-13,21,23H,7-9,14-20H2,1-5H3,(H,32,33)(H,35,38)/t3*21-,23?/m000/s1. The van der Waals surface area contributed by atoms with Crippen molar-refractivity contribution in [1.29, 1.82) is 0 Å². The van der Waals surface area contributed by atoms with E-state index in [2.05, 4.69) is 164 Å². The number of amides is 6. The highest BCUT2D eigenvalue weighted by Gasteiger charge is 2.46. The van der Waals surface area contributed by atoms with Gasteiger partial charge in [0.15, 0.2) is 15.1 Å². The Labute approximate surface area is 772 Å². The summed E-state index contributed by atoms with van der Waals surface area (Å²) in [6.07, 6.45) is 14.2. The van der Waals surface area contributed by atoms with Crippen LogP contribution in [0.15, 0.2) is 106 Å². The Morgan fingerprint density at radius 1 is 0.523 bits per heavy atom. The largest absolute Gasteiger partial charge is 0.370 e. The molecular formula is C93H133ClN18O15S3. The molecule has 0 spiro atoms. The number of fused-ring (bicyclic) bond motifs is 12. The van der Waals surface area contributed by atoms with E-state index >= 15 is 0 Å². The molecule has 6 amide bonds. The molecule has 6 saturated heterocycles. The summed E-state index contributed by atoms with van der Waals surface area (Å²) in [5.41, 5.74) is 0.232. The molecule has 130 heavy (non-hydrogen) atoms. The molecule has 6 aromatic rings. The minimum absolute atomic E-state index is 0.131. The third-order valence-corrected chi connectivity index (χ3v) is 28.8. The summed E-state index contributed by atoms with van der Waals surface area (Å²) in [7, 11) is -12.8. The Kier molecular flexibility index (Phi) is 31.8. The van der Waals surface area contributed by atoms with Gasteiger partial charge < -0.3 is 45.3 Å². The Hall–Kier alpha value is -9.30. The molecule has 37 heteroatoms. The minimum atomic E-state index is -4.29. The molecule has 0 aliphatic carbocycles. The number of rotatable bonds is 23.